The zero-order chi connectivity index (χ0) is 6.20. The Morgan fingerprint density at radius 1 is 1.50 bits per heavy atom. The first-order valence-electron chi connectivity index (χ1n) is 3.09. The molecule has 0 aromatic rings. The number of likely N-dealkylation sites (N-methyl/N-ethyl adjacent to an activating group) is 1. The number of hydrogen-bond acceptors (Lipinski definition) is 2. The topological polar surface area (TPSA) is 15.3 Å². The first kappa shape index (κ1) is 6.47. The molecule has 8 heavy (non-hydrogen) atoms. The summed E-state index contributed by atoms with van der Waals surface area (Å²) in [7, 11) is 1.14. The third-order valence-electron chi connectivity index (χ3n) is 1.96. The molecule has 0 amide bonds. The number of nitrogens with one attached hydrogen (secondary N) is 1. The van der Waals surface area contributed by atoms with Crippen LogP contribution in [0.5, 0.6) is 0 Å². The van der Waals surface area contributed by atoms with E-state index in [1.165, 1.54) is 13.1 Å². The van der Waals surface area contributed by atoms with Gasteiger partial charge in [-0.1, -0.05) is 0 Å². The quantitative estimate of drug-likeness (QED) is 0.481. The van der Waals surface area contributed by atoms with E-state index >= 15 is 0 Å². The van der Waals surface area contributed by atoms with E-state index in [4.69, 9.17) is 0 Å². The second-order valence-electron chi connectivity index (χ2n) is 2.91. The van der Waals surface area contributed by atoms with Crippen molar-refractivity contribution in [2.24, 2.45) is 0 Å². The maximum atomic E-state index is 3.51. The summed E-state index contributed by atoms with van der Waals surface area (Å²) in [5.41, 5.74) is 0. The van der Waals surface area contributed by atoms with Crippen LogP contribution >= 0.6 is 7.56 Å². The maximum absolute atomic E-state index is 3.51. The first-order chi connectivity index (χ1) is 3.63. The van der Waals surface area contributed by atoms with Gasteiger partial charge in [-0.3, -0.25) is 0 Å². The van der Waals surface area contributed by atoms with Crippen molar-refractivity contribution in [2.75, 3.05) is 33.5 Å². The zero-order valence-electron chi connectivity index (χ0n) is 5.86. The van der Waals surface area contributed by atoms with Gasteiger partial charge >= 0.3 is 50.8 Å². The SMILES string of the molecule is CN1CCN[PH]1(C)C. The van der Waals surface area contributed by atoms with E-state index in [1.54, 1.807) is 0 Å². The van der Waals surface area contributed by atoms with Gasteiger partial charge in [0, 0.05) is 0 Å². The molecular weight excluding hydrogens is 119 g/mol. The first-order valence-corrected chi connectivity index (χ1v) is 6.04. The van der Waals surface area contributed by atoms with Crippen LogP contribution in [0, 0.1) is 0 Å². The third kappa shape index (κ3) is 1.02. The Kier molecular flexibility index (Phi) is 1.57. The summed E-state index contributed by atoms with van der Waals surface area (Å²) >= 11 is 0. The molecule has 0 radical (unpaired) electrons. The monoisotopic (exact) mass is 134 g/mol. The van der Waals surface area contributed by atoms with Gasteiger partial charge in [-0.25, -0.2) is 0 Å². The standard InChI is InChI=1S/C5H15N2P/c1-7-5-4-6-8(7,2)3/h6,8H,4-5H2,1-3H3. The Bertz CT molecular complexity index is 92.4. The van der Waals surface area contributed by atoms with Crippen LogP contribution in [0.1, 0.15) is 0 Å². The Labute approximate surface area is 51.7 Å². The molecule has 0 unspecified atom stereocenters. The van der Waals surface area contributed by atoms with Gasteiger partial charge in [-0.2, -0.15) is 0 Å². The van der Waals surface area contributed by atoms with Crippen molar-refractivity contribution >= 4 is 7.56 Å². The molecule has 0 atom stereocenters. The molecule has 1 N–H and O–H groups in total. The van der Waals surface area contributed by atoms with Crippen molar-refractivity contribution in [1.29, 1.82) is 0 Å². The number of hydrogen-bond donors (Lipinski definition) is 1. The molecule has 1 aliphatic heterocycles. The number of rotatable bonds is 0. The van der Waals surface area contributed by atoms with E-state index in [0.29, 0.717) is 0 Å². The van der Waals surface area contributed by atoms with Gasteiger partial charge in [-0.15, -0.1) is 0 Å². The predicted octanol–water partition coefficient (Wildman–Crippen LogP) is 0.361. The molecule has 0 bridgehead atoms. The van der Waals surface area contributed by atoms with Crippen molar-refractivity contribution in [3.8, 4) is 0 Å². The van der Waals surface area contributed by atoms with Crippen LogP contribution in [0.4, 0.5) is 0 Å². The van der Waals surface area contributed by atoms with Gasteiger partial charge in [0.05, 0.1) is 0 Å². The Balaban J connectivity index is 2.54. The van der Waals surface area contributed by atoms with E-state index < -0.39 is 7.56 Å². The summed E-state index contributed by atoms with van der Waals surface area (Å²) in [5.74, 6) is 0. The Hall–Kier alpha value is 0.350. The number of nitrogens with zero attached hydrogens (tertiary/aromatic N) is 1. The van der Waals surface area contributed by atoms with Crippen molar-refractivity contribution in [3.63, 3.8) is 0 Å². The molecule has 3 heteroatoms. The summed E-state index contributed by atoms with van der Waals surface area (Å²) in [6.45, 7) is 7.09. The molecule has 50 valence electrons. The van der Waals surface area contributed by atoms with Crippen molar-refractivity contribution in [1.82, 2.24) is 9.76 Å². The van der Waals surface area contributed by atoms with Crippen LogP contribution < -0.4 is 5.09 Å². The molecule has 0 aliphatic carbocycles. The molecule has 1 aliphatic rings. The summed E-state index contributed by atoms with van der Waals surface area (Å²) in [6, 6.07) is 0. The predicted molar refractivity (Wildman–Crippen MR) is 40.8 cm³/mol. The zero-order valence-corrected chi connectivity index (χ0v) is 6.86. The molecule has 2 nitrogen and oxygen atoms in total. The normalized spacial score (nSPS) is 32.9. The second kappa shape index (κ2) is 1.94. The molecule has 0 aromatic carbocycles. The summed E-state index contributed by atoms with van der Waals surface area (Å²) < 4.78 is 2.45. The average Bonchev–Trinajstić information content (AvgIpc) is 1.86. The Morgan fingerprint density at radius 3 is 2.25 bits per heavy atom. The van der Waals surface area contributed by atoms with Crippen molar-refractivity contribution < 1.29 is 0 Å². The van der Waals surface area contributed by atoms with Crippen LogP contribution in [0.15, 0.2) is 0 Å². The van der Waals surface area contributed by atoms with Gasteiger partial charge in [0.1, 0.15) is 0 Å². The van der Waals surface area contributed by atoms with Crippen LogP contribution in [0.25, 0.3) is 0 Å². The fourth-order valence-corrected chi connectivity index (χ4v) is 2.61. The van der Waals surface area contributed by atoms with E-state index in [-0.39, 0.29) is 0 Å². The van der Waals surface area contributed by atoms with Gasteiger partial charge in [0.2, 0.25) is 0 Å². The van der Waals surface area contributed by atoms with E-state index in [0.717, 1.165) is 0 Å². The van der Waals surface area contributed by atoms with E-state index in [1.807, 2.05) is 0 Å². The molecule has 1 fully saturated rings. The fraction of sp³-hybridized carbons (Fsp3) is 1.00. The van der Waals surface area contributed by atoms with Crippen LogP contribution in [0.2, 0.25) is 0 Å². The third-order valence-corrected chi connectivity index (χ3v) is 5.21. The minimum atomic E-state index is -1.06. The van der Waals surface area contributed by atoms with Gasteiger partial charge in [0.25, 0.3) is 0 Å². The van der Waals surface area contributed by atoms with Gasteiger partial charge in [0.15, 0.2) is 0 Å². The van der Waals surface area contributed by atoms with Crippen LogP contribution in [0.3, 0.4) is 0 Å². The van der Waals surface area contributed by atoms with Gasteiger partial charge in [-0.05, 0) is 0 Å². The summed E-state index contributed by atoms with van der Waals surface area (Å²) in [4.78, 5) is 0. The van der Waals surface area contributed by atoms with Crippen LogP contribution in [-0.2, 0) is 0 Å². The van der Waals surface area contributed by atoms with Crippen molar-refractivity contribution in [2.45, 2.75) is 0 Å². The molecule has 0 spiro atoms. The Morgan fingerprint density at radius 2 is 2.12 bits per heavy atom. The summed E-state index contributed by atoms with van der Waals surface area (Å²) in [5, 5.41) is 3.51. The summed E-state index contributed by atoms with van der Waals surface area (Å²) in [6.07, 6.45) is 0. The van der Waals surface area contributed by atoms with Gasteiger partial charge < -0.3 is 0 Å². The van der Waals surface area contributed by atoms with Crippen LogP contribution in [-0.4, -0.2) is 38.1 Å². The van der Waals surface area contributed by atoms with Crippen molar-refractivity contribution in [3.05, 3.63) is 0 Å². The molecule has 1 saturated heterocycles. The second-order valence-corrected chi connectivity index (χ2v) is 7.14. The van der Waals surface area contributed by atoms with E-state index in [2.05, 4.69) is 30.1 Å². The molecular formula is C5H15N2P. The fourth-order valence-electron chi connectivity index (χ4n) is 0.944. The van der Waals surface area contributed by atoms with E-state index in [9.17, 15) is 0 Å². The minimum absolute atomic E-state index is 1.06. The average molecular weight is 134 g/mol. The molecule has 1 rings (SSSR count). The molecule has 1 heterocycles. The molecule has 0 saturated carbocycles. The molecule has 0 aromatic heterocycles.